The summed E-state index contributed by atoms with van der Waals surface area (Å²) in [6.45, 7) is 1.32. The smallest absolute Gasteiger partial charge is 0.306 e. The van der Waals surface area contributed by atoms with Gasteiger partial charge in [-0.3, -0.25) is 9.69 Å². The van der Waals surface area contributed by atoms with Crippen LogP contribution in [0.5, 0.6) is 23.0 Å². The average Bonchev–Trinajstić information content (AvgIpc) is 2.79. The summed E-state index contributed by atoms with van der Waals surface area (Å²) in [5.74, 6) is 1.80. The van der Waals surface area contributed by atoms with Crippen LogP contribution < -0.4 is 18.9 Å². The number of carboxylic acids is 1. The van der Waals surface area contributed by atoms with Crippen LogP contribution in [0.1, 0.15) is 30.0 Å². The quantitative estimate of drug-likeness (QED) is 0.706. The fraction of sp³-hybridized carbons (Fsp3) is 0.435. The number of hydrogen-bond donors (Lipinski definition) is 1. The standard InChI is InChI=1S/C23H29NO6/c1-27-16-5-7-18(20(13-16)29-3)22(24-11-9-15(10-12-24)23(25)26)19-8-6-17(28-2)14-21(19)30-4/h5-8,13-15,22H,9-12H2,1-4H3,(H,25,26). The largest absolute Gasteiger partial charge is 0.497 e. The van der Waals surface area contributed by atoms with E-state index in [4.69, 9.17) is 18.9 Å². The topological polar surface area (TPSA) is 77.5 Å². The maximum Gasteiger partial charge on any atom is 0.306 e. The van der Waals surface area contributed by atoms with Crippen molar-refractivity contribution in [1.82, 2.24) is 4.90 Å². The van der Waals surface area contributed by atoms with Crippen LogP contribution in [0.4, 0.5) is 0 Å². The molecule has 0 radical (unpaired) electrons. The Kier molecular flexibility index (Phi) is 7.05. The molecule has 1 N–H and O–H groups in total. The molecule has 0 spiro atoms. The van der Waals surface area contributed by atoms with E-state index in [2.05, 4.69) is 4.90 Å². The zero-order chi connectivity index (χ0) is 21.7. The first-order chi connectivity index (χ1) is 14.5. The summed E-state index contributed by atoms with van der Waals surface area (Å²) < 4.78 is 22.1. The summed E-state index contributed by atoms with van der Waals surface area (Å²) in [7, 11) is 6.51. The van der Waals surface area contributed by atoms with Crippen molar-refractivity contribution in [2.24, 2.45) is 5.92 Å². The summed E-state index contributed by atoms with van der Waals surface area (Å²) in [6.07, 6.45) is 1.20. The molecule has 1 aliphatic rings. The second kappa shape index (κ2) is 9.71. The van der Waals surface area contributed by atoms with Crippen LogP contribution in [0.15, 0.2) is 36.4 Å². The third kappa shape index (κ3) is 4.46. The van der Waals surface area contributed by atoms with Gasteiger partial charge in [0, 0.05) is 23.3 Å². The monoisotopic (exact) mass is 415 g/mol. The highest BCUT2D eigenvalue weighted by Gasteiger charge is 2.33. The number of nitrogens with zero attached hydrogens (tertiary/aromatic N) is 1. The van der Waals surface area contributed by atoms with Crippen molar-refractivity contribution in [2.75, 3.05) is 41.5 Å². The molecule has 1 heterocycles. The Labute approximate surface area is 177 Å². The SMILES string of the molecule is COc1ccc(C(c2ccc(OC)cc2OC)N2CCC(C(=O)O)CC2)c(OC)c1. The first kappa shape index (κ1) is 21.8. The molecule has 2 aromatic carbocycles. The van der Waals surface area contributed by atoms with Gasteiger partial charge < -0.3 is 24.1 Å². The van der Waals surface area contributed by atoms with E-state index in [-0.39, 0.29) is 12.0 Å². The highest BCUT2D eigenvalue weighted by atomic mass is 16.5. The molecule has 0 atom stereocenters. The number of hydrogen-bond acceptors (Lipinski definition) is 6. The van der Waals surface area contributed by atoms with E-state index in [0.29, 0.717) is 48.9 Å². The fourth-order valence-electron chi connectivity index (χ4n) is 4.05. The van der Waals surface area contributed by atoms with E-state index in [9.17, 15) is 9.90 Å². The zero-order valence-corrected chi connectivity index (χ0v) is 17.9. The molecular weight excluding hydrogens is 386 g/mol. The highest BCUT2D eigenvalue weighted by molar-refractivity contribution is 5.70. The van der Waals surface area contributed by atoms with Gasteiger partial charge in [0.25, 0.3) is 0 Å². The van der Waals surface area contributed by atoms with Gasteiger partial charge in [-0.1, -0.05) is 0 Å². The number of benzene rings is 2. The molecule has 1 aliphatic heterocycles. The maximum absolute atomic E-state index is 11.4. The lowest BCUT2D eigenvalue weighted by molar-refractivity contribution is -0.143. The molecule has 162 valence electrons. The number of rotatable bonds is 8. The van der Waals surface area contributed by atoms with Gasteiger partial charge in [-0.2, -0.15) is 0 Å². The minimum absolute atomic E-state index is 0.165. The third-order valence-corrected chi connectivity index (χ3v) is 5.71. The lowest BCUT2D eigenvalue weighted by Crippen LogP contribution is -2.39. The second-order valence-electron chi connectivity index (χ2n) is 7.27. The first-order valence-electron chi connectivity index (χ1n) is 9.93. The van der Waals surface area contributed by atoms with Crippen LogP contribution in [0.2, 0.25) is 0 Å². The number of carbonyl (C=O) groups is 1. The lowest BCUT2D eigenvalue weighted by Gasteiger charge is -2.38. The van der Waals surface area contributed by atoms with Gasteiger partial charge in [0.15, 0.2) is 0 Å². The lowest BCUT2D eigenvalue weighted by atomic mass is 9.90. The van der Waals surface area contributed by atoms with E-state index in [1.54, 1.807) is 28.4 Å². The molecule has 0 unspecified atom stereocenters. The van der Waals surface area contributed by atoms with Gasteiger partial charge in [-0.25, -0.2) is 0 Å². The van der Waals surface area contributed by atoms with Crippen molar-refractivity contribution in [3.05, 3.63) is 47.5 Å². The molecule has 30 heavy (non-hydrogen) atoms. The van der Waals surface area contributed by atoms with E-state index in [0.717, 1.165) is 11.1 Å². The van der Waals surface area contributed by atoms with Gasteiger partial charge in [0.2, 0.25) is 0 Å². The van der Waals surface area contributed by atoms with E-state index in [1.807, 2.05) is 36.4 Å². The summed E-state index contributed by atoms with van der Waals surface area (Å²) in [5.41, 5.74) is 1.94. The highest BCUT2D eigenvalue weighted by Crippen LogP contribution is 2.42. The predicted molar refractivity (Wildman–Crippen MR) is 113 cm³/mol. The molecule has 0 bridgehead atoms. The number of likely N-dealkylation sites (tertiary alicyclic amines) is 1. The van der Waals surface area contributed by atoms with Gasteiger partial charge in [0.1, 0.15) is 23.0 Å². The van der Waals surface area contributed by atoms with E-state index in [1.165, 1.54) is 0 Å². The van der Waals surface area contributed by atoms with Crippen LogP contribution in [0, 0.1) is 5.92 Å². The number of piperidine rings is 1. The molecule has 1 fully saturated rings. The number of carboxylic acid groups (broad SMARTS) is 1. The Bertz CT molecular complexity index is 820. The summed E-state index contributed by atoms with van der Waals surface area (Å²) in [5, 5.41) is 9.39. The van der Waals surface area contributed by atoms with Crippen LogP contribution in [0.3, 0.4) is 0 Å². The van der Waals surface area contributed by atoms with Gasteiger partial charge in [0.05, 0.1) is 40.4 Å². The zero-order valence-electron chi connectivity index (χ0n) is 17.9. The average molecular weight is 415 g/mol. The van der Waals surface area contributed by atoms with Crippen molar-refractivity contribution in [3.63, 3.8) is 0 Å². The van der Waals surface area contributed by atoms with Crippen LogP contribution in [0.25, 0.3) is 0 Å². The minimum Gasteiger partial charge on any atom is -0.497 e. The predicted octanol–water partition coefficient (Wildman–Crippen LogP) is 3.61. The molecule has 7 heteroatoms. The van der Waals surface area contributed by atoms with Crippen molar-refractivity contribution in [3.8, 4) is 23.0 Å². The Morgan fingerprint density at radius 3 is 1.70 bits per heavy atom. The second-order valence-corrected chi connectivity index (χ2v) is 7.27. The molecule has 2 aromatic rings. The van der Waals surface area contributed by atoms with Crippen molar-refractivity contribution in [2.45, 2.75) is 18.9 Å². The number of methoxy groups -OCH3 is 4. The van der Waals surface area contributed by atoms with Crippen molar-refractivity contribution < 1.29 is 28.8 Å². The normalized spacial score (nSPS) is 15.1. The first-order valence-corrected chi connectivity index (χ1v) is 9.93. The fourth-order valence-corrected chi connectivity index (χ4v) is 4.05. The third-order valence-electron chi connectivity index (χ3n) is 5.71. The maximum atomic E-state index is 11.4. The Morgan fingerprint density at radius 2 is 1.33 bits per heavy atom. The summed E-state index contributed by atoms with van der Waals surface area (Å²) >= 11 is 0. The van der Waals surface area contributed by atoms with Crippen molar-refractivity contribution in [1.29, 1.82) is 0 Å². The molecule has 7 nitrogen and oxygen atoms in total. The van der Waals surface area contributed by atoms with Gasteiger partial charge >= 0.3 is 5.97 Å². The summed E-state index contributed by atoms with van der Waals surface area (Å²) in [4.78, 5) is 13.7. The van der Waals surface area contributed by atoms with Gasteiger partial charge in [-0.05, 0) is 50.2 Å². The minimum atomic E-state index is -0.727. The van der Waals surface area contributed by atoms with Crippen LogP contribution in [-0.4, -0.2) is 57.5 Å². The molecule has 0 aromatic heterocycles. The Balaban J connectivity index is 2.08. The number of aliphatic carboxylic acids is 1. The van der Waals surface area contributed by atoms with E-state index < -0.39 is 5.97 Å². The van der Waals surface area contributed by atoms with Gasteiger partial charge in [-0.15, -0.1) is 0 Å². The molecule has 3 rings (SSSR count). The molecule has 0 saturated carbocycles. The summed E-state index contributed by atoms with van der Waals surface area (Å²) in [6, 6.07) is 11.4. The Hall–Kier alpha value is -2.93. The Morgan fingerprint density at radius 1 is 0.867 bits per heavy atom. The molecule has 0 amide bonds. The van der Waals surface area contributed by atoms with Crippen molar-refractivity contribution >= 4 is 5.97 Å². The molecule has 1 saturated heterocycles. The van der Waals surface area contributed by atoms with Crippen LogP contribution >= 0.6 is 0 Å². The molecule has 0 aliphatic carbocycles. The molecular formula is C23H29NO6. The van der Waals surface area contributed by atoms with Crippen LogP contribution in [-0.2, 0) is 4.79 Å². The van der Waals surface area contributed by atoms with E-state index >= 15 is 0 Å². The number of ether oxygens (including phenoxy) is 4.